The minimum atomic E-state index is -0.396. The van der Waals surface area contributed by atoms with Crippen molar-refractivity contribution in [3.8, 4) is 17.2 Å². The molecule has 0 saturated carbocycles. The summed E-state index contributed by atoms with van der Waals surface area (Å²) in [6, 6.07) is 15.7. The van der Waals surface area contributed by atoms with Crippen LogP contribution in [0.4, 0.5) is 22.0 Å². The summed E-state index contributed by atoms with van der Waals surface area (Å²) in [6.07, 6.45) is 1.45. The maximum Gasteiger partial charge on any atom is 0.323 e. The second kappa shape index (κ2) is 7.87. The van der Waals surface area contributed by atoms with Gasteiger partial charge in [0.05, 0.1) is 20.8 Å². The number of nitrogens with one attached hydrogen (secondary N) is 2. The van der Waals surface area contributed by atoms with Crippen LogP contribution in [-0.4, -0.2) is 16.0 Å². The average Bonchev–Trinajstić information content (AvgIpc) is 3.06. The van der Waals surface area contributed by atoms with Crippen LogP contribution < -0.4 is 16.4 Å². The van der Waals surface area contributed by atoms with Gasteiger partial charge in [-0.25, -0.2) is 14.8 Å². The van der Waals surface area contributed by atoms with Crippen LogP contribution in [0.25, 0.3) is 21.3 Å². The molecule has 0 radical (unpaired) electrons. The van der Waals surface area contributed by atoms with E-state index in [1.54, 1.807) is 36.4 Å². The summed E-state index contributed by atoms with van der Waals surface area (Å²) in [5.74, 6) is 0.424. The van der Waals surface area contributed by atoms with E-state index < -0.39 is 6.03 Å². The predicted molar refractivity (Wildman–Crippen MR) is 119 cm³/mol. The Morgan fingerprint density at radius 1 is 1.10 bits per heavy atom. The number of fused-ring (bicyclic) bond motifs is 1. The standard InChI is InChI=1S/C20H13BrN6OS/c21-17-15(16-18(23)24-10-25-19(16)29-17)12-4-6-13(7-5-12)26-20(28)27-14-3-1-2-11(8-14)9-22/h1-8,10H,(H2,23,24,25)(H2,26,27,28). The molecule has 0 saturated heterocycles. The Morgan fingerprint density at radius 2 is 1.86 bits per heavy atom. The van der Waals surface area contributed by atoms with Crippen molar-refractivity contribution in [2.75, 3.05) is 16.4 Å². The maximum atomic E-state index is 12.2. The van der Waals surface area contributed by atoms with Gasteiger partial charge in [-0.05, 0) is 51.8 Å². The molecule has 0 bridgehead atoms. The minimum Gasteiger partial charge on any atom is -0.383 e. The molecule has 142 valence electrons. The van der Waals surface area contributed by atoms with Crippen molar-refractivity contribution in [2.45, 2.75) is 0 Å². The minimum absolute atomic E-state index is 0.396. The summed E-state index contributed by atoms with van der Waals surface area (Å²) in [5.41, 5.74) is 9.55. The second-order valence-electron chi connectivity index (χ2n) is 6.04. The molecule has 4 aromatic rings. The fourth-order valence-electron chi connectivity index (χ4n) is 2.87. The second-order valence-corrected chi connectivity index (χ2v) is 8.36. The number of rotatable bonds is 3. The highest BCUT2D eigenvalue weighted by atomic mass is 79.9. The normalized spacial score (nSPS) is 10.5. The molecule has 0 spiro atoms. The van der Waals surface area contributed by atoms with Gasteiger partial charge in [0.15, 0.2) is 0 Å². The zero-order valence-electron chi connectivity index (χ0n) is 14.8. The molecule has 0 aliphatic rings. The highest BCUT2D eigenvalue weighted by molar-refractivity contribution is 9.11. The van der Waals surface area contributed by atoms with E-state index in [4.69, 9.17) is 11.0 Å². The number of halogens is 1. The number of urea groups is 1. The Morgan fingerprint density at radius 3 is 2.62 bits per heavy atom. The number of nitrogens with zero attached hydrogens (tertiary/aromatic N) is 3. The molecule has 2 aromatic heterocycles. The van der Waals surface area contributed by atoms with Crippen molar-refractivity contribution in [1.29, 1.82) is 5.26 Å². The first-order valence-corrected chi connectivity index (χ1v) is 10.0. The van der Waals surface area contributed by atoms with Gasteiger partial charge in [0, 0.05) is 16.9 Å². The van der Waals surface area contributed by atoms with Crippen LogP contribution in [0.15, 0.2) is 58.6 Å². The van der Waals surface area contributed by atoms with Gasteiger partial charge in [0.2, 0.25) is 0 Å². The smallest absolute Gasteiger partial charge is 0.323 e. The molecule has 2 amide bonds. The molecule has 0 aliphatic heterocycles. The lowest BCUT2D eigenvalue weighted by Crippen LogP contribution is -2.19. The Bertz CT molecular complexity index is 1260. The van der Waals surface area contributed by atoms with Gasteiger partial charge < -0.3 is 16.4 Å². The molecule has 7 nitrogen and oxygen atoms in total. The van der Waals surface area contributed by atoms with E-state index >= 15 is 0 Å². The van der Waals surface area contributed by atoms with Gasteiger partial charge in [-0.3, -0.25) is 0 Å². The van der Waals surface area contributed by atoms with Crippen LogP contribution in [-0.2, 0) is 0 Å². The van der Waals surface area contributed by atoms with Gasteiger partial charge in [-0.15, -0.1) is 11.3 Å². The zero-order chi connectivity index (χ0) is 20.4. The number of carbonyl (C=O) groups is 1. The van der Waals surface area contributed by atoms with Crippen LogP contribution in [0.5, 0.6) is 0 Å². The molecule has 0 aliphatic carbocycles. The number of benzene rings is 2. The van der Waals surface area contributed by atoms with Crippen molar-refractivity contribution in [2.24, 2.45) is 0 Å². The molecule has 9 heteroatoms. The largest absolute Gasteiger partial charge is 0.383 e. The summed E-state index contributed by atoms with van der Waals surface area (Å²) in [6.45, 7) is 0. The van der Waals surface area contributed by atoms with Gasteiger partial charge >= 0.3 is 6.03 Å². The van der Waals surface area contributed by atoms with E-state index in [0.29, 0.717) is 22.8 Å². The third kappa shape index (κ3) is 3.89. The number of anilines is 3. The lowest BCUT2D eigenvalue weighted by Gasteiger charge is -2.09. The van der Waals surface area contributed by atoms with Crippen molar-refractivity contribution < 1.29 is 4.79 Å². The van der Waals surface area contributed by atoms with Crippen LogP contribution in [0.1, 0.15) is 5.56 Å². The summed E-state index contributed by atoms with van der Waals surface area (Å²) >= 11 is 5.07. The number of nitrogen functional groups attached to an aromatic ring is 1. The Balaban J connectivity index is 1.54. The molecule has 2 aromatic carbocycles. The molecular formula is C20H13BrN6OS. The average molecular weight is 465 g/mol. The first kappa shape index (κ1) is 18.9. The summed E-state index contributed by atoms with van der Waals surface area (Å²) in [5, 5.41) is 15.2. The molecule has 0 fully saturated rings. The number of thiophene rings is 1. The van der Waals surface area contributed by atoms with Gasteiger partial charge in [0.1, 0.15) is 17.0 Å². The summed E-state index contributed by atoms with van der Waals surface area (Å²) in [7, 11) is 0. The maximum absolute atomic E-state index is 12.2. The van der Waals surface area contributed by atoms with Crippen molar-refractivity contribution in [3.05, 3.63) is 64.2 Å². The van der Waals surface area contributed by atoms with E-state index in [1.807, 2.05) is 18.2 Å². The van der Waals surface area contributed by atoms with Crippen LogP contribution in [0.3, 0.4) is 0 Å². The monoisotopic (exact) mass is 464 g/mol. The van der Waals surface area contributed by atoms with E-state index in [-0.39, 0.29) is 0 Å². The van der Waals surface area contributed by atoms with E-state index in [9.17, 15) is 4.79 Å². The summed E-state index contributed by atoms with van der Waals surface area (Å²) in [4.78, 5) is 21.4. The quantitative estimate of drug-likeness (QED) is 0.384. The molecule has 0 unspecified atom stereocenters. The zero-order valence-corrected chi connectivity index (χ0v) is 17.2. The lowest BCUT2D eigenvalue weighted by molar-refractivity contribution is 0.262. The molecule has 2 heterocycles. The van der Waals surface area contributed by atoms with Crippen LogP contribution in [0.2, 0.25) is 0 Å². The third-order valence-electron chi connectivity index (χ3n) is 4.16. The number of nitrogens with two attached hydrogens (primary N) is 1. The Kier molecular flexibility index (Phi) is 5.12. The molecule has 4 N–H and O–H groups in total. The molecule has 0 atom stereocenters. The highest BCUT2D eigenvalue weighted by Crippen LogP contribution is 2.43. The van der Waals surface area contributed by atoms with E-state index in [2.05, 4.69) is 36.5 Å². The summed E-state index contributed by atoms with van der Waals surface area (Å²) < 4.78 is 0.913. The number of carbonyl (C=O) groups excluding carboxylic acids is 1. The van der Waals surface area contributed by atoms with E-state index in [0.717, 1.165) is 25.1 Å². The fourth-order valence-corrected chi connectivity index (χ4v) is 4.65. The highest BCUT2D eigenvalue weighted by Gasteiger charge is 2.16. The Hall–Kier alpha value is -3.48. The SMILES string of the molecule is N#Cc1cccc(NC(=O)Nc2ccc(-c3c(Br)sc4ncnc(N)c34)cc2)c1. The first-order chi connectivity index (χ1) is 14.0. The van der Waals surface area contributed by atoms with Crippen LogP contribution in [0, 0.1) is 11.3 Å². The number of nitriles is 1. The lowest BCUT2D eigenvalue weighted by atomic mass is 10.1. The number of hydrogen-bond acceptors (Lipinski definition) is 6. The third-order valence-corrected chi connectivity index (χ3v) is 5.92. The van der Waals surface area contributed by atoms with E-state index in [1.165, 1.54) is 17.7 Å². The number of amides is 2. The molecule has 4 rings (SSSR count). The fraction of sp³-hybridized carbons (Fsp3) is 0. The van der Waals surface area contributed by atoms with Gasteiger partial charge in [0.25, 0.3) is 0 Å². The van der Waals surface area contributed by atoms with Crippen LogP contribution >= 0.6 is 27.3 Å². The Labute approximate surface area is 178 Å². The molecule has 29 heavy (non-hydrogen) atoms. The van der Waals surface area contributed by atoms with Crippen molar-refractivity contribution >= 4 is 60.7 Å². The number of hydrogen-bond donors (Lipinski definition) is 3. The number of aromatic nitrogens is 2. The topological polar surface area (TPSA) is 117 Å². The molecular weight excluding hydrogens is 452 g/mol. The van der Waals surface area contributed by atoms with Crippen molar-refractivity contribution in [1.82, 2.24) is 9.97 Å². The predicted octanol–water partition coefficient (Wildman–Crippen LogP) is 5.22. The van der Waals surface area contributed by atoms with Gasteiger partial charge in [-0.1, -0.05) is 18.2 Å². The van der Waals surface area contributed by atoms with Gasteiger partial charge in [-0.2, -0.15) is 5.26 Å². The first-order valence-electron chi connectivity index (χ1n) is 8.42. The van der Waals surface area contributed by atoms with Crippen molar-refractivity contribution in [3.63, 3.8) is 0 Å².